The number of carbonyl (C=O) groups excluding carboxylic acids is 3. The van der Waals surface area contributed by atoms with Crippen LogP contribution < -0.4 is 0 Å². The summed E-state index contributed by atoms with van der Waals surface area (Å²) in [5, 5.41) is 9.94. The highest BCUT2D eigenvalue weighted by atomic mass is 16.6. The number of carbonyl (C=O) groups is 3. The molecule has 8 heteroatoms. The van der Waals surface area contributed by atoms with Gasteiger partial charge in [0.2, 0.25) is 0 Å². The Morgan fingerprint density at radius 1 is 1.40 bits per heavy atom. The average molecular weight is 422 g/mol. The highest BCUT2D eigenvalue weighted by Crippen LogP contribution is 2.48. The zero-order valence-electron chi connectivity index (χ0n) is 17.9. The first-order chi connectivity index (χ1) is 14.1. The van der Waals surface area contributed by atoms with E-state index in [-0.39, 0.29) is 30.2 Å². The molecule has 0 amide bonds. The molecule has 1 unspecified atom stereocenters. The standard InChI is InChI=1S/C22H30O8/c1-6-11(2)20(25)29-17-9-22(5)18(30-22)8-15(27-13(4)24)14(10-23)7-16-19(17)12(3)21(26)28-16/h7,11,15-19,23H,3,6,8-10H2,1-2,4-5H3/t11?,15-,16-,17+,18+,19-,22+/m0/s1. The van der Waals surface area contributed by atoms with Crippen molar-refractivity contribution in [3.05, 3.63) is 23.8 Å². The largest absolute Gasteiger partial charge is 0.461 e. The molecule has 3 rings (SSSR count). The summed E-state index contributed by atoms with van der Waals surface area (Å²) >= 11 is 0. The van der Waals surface area contributed by atoms with Crippen molar-refractivity contribution in [3.63, 3.8) is 0 Å². The Morgan fingerprint density at radius 2 is 2.10 bits per heavy atom. The molecule has 0 aromatic rings. The lowest BCUT2D eigenvalue weighted by Gasteiger charge is -2.30. The molecule has 1 aliphatic carbocycles. The van der Waals surface area contributed by atoms with Gasteiger partial charge in [0, 0.05) is 25.3 Å². The maximum Gasteiger partial charge on any atom is 0.334 e. The second-order valence-electron chi connectivity index (χ2n) is 8.56. The van der Waals surface area contributed by atoms with Gasteiger partial charge >= 0.3 is 17.9 Å². The number of aliphatic hydroxyl groups excluding tert-OH is 1. The Labute approximate surface area is 176 Å². The third-order valence-electron chi connectivity index (χ3n) is 6.30. The van der Waals surface area contributed by atoms with Crippen LogP contribution in [0.3, 0.4) is 0 Å². The molecule has 30 heavy (non-hydrogen) atoms. The summed E-state index contributed by atoms with van der Waals surface area (Å²) in [5.74, 6) is -2.32. The maximum atomic E-state index is 12.6. The van der Waals surface area contributed by atoms with E-state index in [1.807, 2.05) is 13.8 Å². The van der Waals surface area contributed by atoms with Crippen LogP contribution in [0.4, 0.5) is 0 Å². The van der Waals surface area contributed by atoms with Gasteiger partial charge in [-0.3, -0.25) is 9.59 Å². The second kappa shape index (κ2) is 8.51. The van der Waals surface area contributed by atoms with Crippen molar-refractivity contribution < 1.29 is 38.4 Å². The first-order valence-electron chi connectivity index (χ1n) is 10.4. The molecule has 166 valence electrons. The molecule has 7 atom stereocenters. The molecule has 2 heterocycles. The van der Waals surface area contributed by atoms with Gasteiger partial charge in [0.1, 0.15) is 18.3 Å². The minimum absolute atomic E-state index is 0.209. The highest BCUT2D eigenvalue weighted by molar-refractivity contribution is 5.91. The summed E-state index contributed by atoms with van der Waals surface area (Å²) in [6, 6.07) is 0. The van der Waals surface area contributed by atoms with Crippen LogP contribution in [0, 0.1) is 11.8 Å². The van der Waals surface area contributed by atoms with Crippen LogP contribution in [-0.2, 0) is 33.3 Å². The number of aliphatic hydroxyl groups is 1. The molecule has 0 aromatic carbocycles. The molecule has 2 aliphatic heterocycles. The third kappa shape index (κ3) is 4.44. The van der Waals surface area contributed by atoms with Gasteiger partial charge in [-0.2, -0.15) is 0 Å². The molecule has 0 saturated carbocycles. The molecule has 1 N–H and O–H groups in total. The first-order valence-corrected chi connectivity index (χ1v) is 10.4. The molecule has 0 aromatic heterocycles. The molecule has 3 aliphatic rings. The topological polar surface area (TPSA) is 112 Å². The second-order valence-corrected chi connectivity index (χ2v) is 8.56. The van der Waals surface area contributed by atoms with Gasteiger partial charge < -0.3 is 24.1 Å². The Bertz CT molecular complexity index is 771. The smallest absolute Gasteiger partial charge is 0.334 e. The van der Waals surface area contributed by atoms with E-state index >= 15 is 0 Å². The van der Waals surface area contributed by atoms with E-state index in [4.69, 9.17) is 18.9 Å². The van der Waals surface area contributed by atoms with Crippen LogP contribution in [0.25, 0.3) is 0 Å². The predicted molar refractivity (Wildman–Crippen MR) is 105 cm³/mol. The van der Waals surface area contributed by atoms with Crippen LogP contribution in [0.2, 0.25) is 0 Å². The fourth-order valence-electron chi connectivity index (χ4n) is 4.16. The van der Waals surface area contributed by atoms with Crippen molar-refractivity contribution in [2.75, 3.05) is 6.61 Å². The molecule has 2 fully saturated rings. The van der Waals surface area contributed by atoms with Gasteiger partial charge in [-0.25, -0.2) is 4.79 Å². The highest BCUT2D eigenvalue weighted by Gasteiger charge is 2.58. The predicted octanol–water partition coefficient (Wildman–Crippen LogP) is 1.84. The minimum Gasteiger partial charge on any atom is -0.461 e. The lowest BCUT2D eigenvalue weighted by atomic mass is 9.82. The van der Waals surface area contributed by atoms with E-state index < -0.39 is 41.8 Å². The summed E-state index contributed by atoms with van der Waals surface area (Å²) in [5.41, 5.74) is 0.00281. The fourth-order valence-corrected chi connectivity index (χ4v) is 4.16. The Morgan fingerprint density at radius 3 is 2.70 bits per heavy atom. The van der Waals surface area contributed by atoms with Crippen molar-refractivity contribution in [2.24, 2.45) is 11.8 Å². The number of hydrogen-bond donors (Lipinski definition) is 1. The number of esters is 3. The summed E-state index contributed by atoms with van der Waals surface area (Å²) < 4.78 is 22.6. The molecule has 0 spiro atoms. The monoisotopic (exact) mass is 422 g/mol. The fraction of sp³-hybridized carbons (Fsp3) is 0.682. The zero-order valence-corrected chi connectivity index (χ0v) is 17.9. The molecular formula is C22H30O8. The van der Waals surface area contributed by atoms with E-state index in [9.17, 15) is 19.5 Å². The van der Waals surface area contributed by atoms with Gasteiger partial charge in [0.05, 0.1) is 30.1 Å². The van der Waals surface area contributed by atoms with Crippen LogP contribution in [-0.4, -0.2) is 59.6 Å². The quantitative estimate of drug-likeness (QED) is 0.235. The minimum atomic E-state index is -0.793. The van der Waals surface area contributed by atoms with E-state index in [0.717, 1.165) is 0 Å². The number of epoxide rings is 1. The number of hydrogen-bond acceptors (Lipinski definition) is 8. The lowest BCUT2D eigenvalue weighted by molar-refractivity contribution is -0.158. The summed E-state index contributed by atoms with van der Waals surface area (Å²) in [4.78, 5) is 36.5. The van der Waals surface area contributed by atoms with Crippen molar-refractivity contribution in [1.29, 1.82) is 0 Å². The van der Waals surface area contributed by atoms with Crippen LogP contribution >= 0.6 is 0 Å². The van der Waals surface area contributed by atoms with Crippen molar-refractivity contribution in [1.82, 2.24) is 0 Å². The van der Waals surface area contributed by atoms with Crippen LogP contribution in [0.5, 0.6) is 0 Å². The number of rotatable bonds is 5. The Hall–Kier alpha value is -2.19. The van der Waals surface area contributed by atoms with E-state index in [0.29, 0.717) is 24.8 Å². The Kier molecular flexibility index (Phi) is 6.38. The van der Waals surface area contributed by atoms with Crippen LogP contribution in [0.15, 0.2) is 23.8 Å². The van der Waals surface area contributed by atoms with Crippen molar-refractivity contribution >= 4 is 17.9 Å². The van der Waals surface area contributed by atoms with Crippen molar-refractivity contribution in [3.8, 4) is 0 Å². The molecular weight excluding hydrogens is 392 g/mol. The maximum absolute atomic E-state index is 12.6. The molecule has 0 bridgehead atoms. The van der Waals surface area contributed by atoms with Gasteiger partial charge in [0.25, 0.3) is 0 Å². The van der Waals surface area contributed by atoms with Gasteiger partial charge in [0.15, 0.2) is 0 Å². The number of ether oxygens (including phenoxy) is 4. The number of fused-ring (bicyclic) bond motifs is 2. The average Bonchev–Trinajstić information content (AvgIpc) is 3.21. The zero-order chi connectivity index (χ0) is 22.2. The summed E-state index contributed by atoms with van der Waals surface area (Å²) in [6.07, 6.45) is 0.503. The SMILES string of the molecule is C=C1C(=O)O[C@H]2C=C(CO)[C@@H](OC(C)=O)C[C@H]3O[C@]3(C)C[C@@H](OC(=O)C(C)CC)[C@@H]12. The van der Waals surface area contributed by atoms with Crippen molar-refractivity contribution in [2.45, 2.75) is 77.0 Å². The Balaban J connectivity index is 2.00. The molecule has 8 nitrogen and oxygen atoms in total. The van der Waals surface area contributed by atoms with Gasteiger partial charge in [-0.05, 0) is 25.0 Å². The lowest BCUT2D eigenvalue weighted by Crippen LogP contribution is -2.39. The first kappa shape index (κ1) is 22.5. The van der Waals surface area contributed by atoms with Gasteiger partial charge in [-0.1, -0.05) is 20.4 Å². The summed E-state index contributed by atoms with van der Waals surface area (Å²) in [6.45, 7) is 10.4. The molecule has 0 radical (unpaired) electrons. The van der Waals surface area contributed by atoms with E-state index in [2.05, 4.69) is 6.58 Å². The normalized spacial score (nSPS) is 36.6. The summed E-state index contributed by atoms with van der Waals surface area (Å²) in [7, 11) is 0. The van der Waals surface area contributed by atoms with E-state index in [1.165, 1.54) is 6.92 Å². The third-order valence-corrected chi connectivity index (χ3v) is 6.30. The van der Waals surface area contributed by atoms with Gasteiger partial charge in [-0.15, -0.1) is 0 Å². The van der Waals surface area contributed by atoms with E-state index in [1.54, 1.807) is 13.0 Å². The van der Waals surface area contributed by atoms with Crippen LogP contribution in [0.1, 0.15) is 47.0 Å². The molecule has 2 saturated heterocycles.